The van der Waals surface area contributed by atoms with Crippen molar-refractivity contribution in [3.05, 3.63) is 65.7 Å². The minimum atomic E-state index is 0.280. The van der Waals surface area contributed by atoms with Crippen molar-refractivity contribution >= 4 is 15.9 Å². The van der Waals surface area contributed by atoms with Gasteiger partial charge in [-0.15, -0.1) is 0 Å². The van der Waals surface area contributed by atoms with Gasteiger partial charge in [0.25, 0.3) is 0 Å². The van der Waals surface area contributed by atoms with E-state index < -0.39 is 0 Å². The first kappa shape index (κ1) is 13.2. The standard InChI is InChI=1S/C16H17BrO/c1-2-18-16-11-7-6-10-14(16)15(17)12-13-8-4-3-5-9-13/h3-11,15H,2,12H2,1H3. The maximum Gasteiger partial charge on any atom is 0.123 e. The monoisotopic (exact) mass is 304 g/mol. The maximum absolute atomic E-state index is 5.67. The van der Waals surface area contributed by atoms with Crippen LogP contribution in [0.25, 0.3) is 0 Å². The molecule has 18 heavy (non-hydrogen) atoms. The average molecular weight is 305 g/mol. The second-order valence-electron chi connectivity index (χ2n) is 4.13. The van der Waals surface area contributed by atoms with Gasteiger partial charge in [0.05, 0.1) is 6.61 Å². The third kappa shape index (κ3) is 3.36. The molecule has 0 saturated carbocycles. The number of hydrogen-bond acceptors (Lipinski definition) is 1. The molecular weight excluding hydrogens is 288 g/mol. The Balaban J connectivity index is 2.16. The summed E-state index contributed by atoms with van der Waals surface area (Å²) in [4.78, 5) is 0.280. The zero-order valence-electron chi connectivity index (χ0n) is 10.5. The first-order valence-corrected chi connectivity index (χ1v) is 7.12. The average Bonchev–Trinajstić information content (AvgIpc) is 2.41. The van der Waals surface area contributed by atoms with Crippen LogP contribution in [0.5, 0.6) is 5.75 Å². The fourth-order valence-electron chi connectivity index (χ4n) is 1.96. The lowest BCUT2D eigenvalue weighted by molar-refractivity contribution is 0.336. The fraction of sp³-hybridized carbons (Fsp3) is 0.250. The van der Waals surface area contributed by atoms with Crippen molar-refractivity contribution < 1.29 is 4.74 Å². The molecule has 0 amide bonds. The number of alkyl halides is 1. The number of benzene rings is 2. The van der Waals surface area contributed by atoms with Gasteiger partial charge >= 0.3 is 0 Å². The number of rotatable bonds is 5. The van der Waals surface area contributed by atoms with E-state index in [1.54, 1.807) is 0 Å². The van der Waals surface area contributed by atoms with Crippen molar-refractivity contribution in [3.63, 3.8) is 0 Å². The Labute approximate surface area is 117 Å². The second-order valence-corrected chi connectivity index (χ2v) is 5.23. The van der Waals surface area contributed by atoms with Gasteiger partial charge in [-0.1, -0.05) is 64.5 Å². The zero-order chi connectivity index (χ0) is 12.8. The molecule has 2 rings (SSSR count). The van der Waals surface area contributed by atoms with Crippen molar-refractivity contribution in [2.45, 2.75) is 18.2 Å². The highest BCUT2D eigenvalue weighted by Crippen LogP contribution is 2.33. The van der Waals surface area contributed by atoms with Gasteiger partial charge in [0, 0.05) is 10.4 Å². The maximum atomic E-state index is 5.67. The highest BCUT2D eigenvalue weighted by atomic mass is 79.9. The van der Waals surface area contributed by atoms with E-state index in [4.69, 9.17) is 4.74 Å². The molecule has 1 nitrogen and oxygen atoms in total. The Morgan fingerprint density at radius 2 is 1.67 bits per heavy atom. The topological polar surface area (TPSA) is 9.23 Å². The molecule has 1 unspecified atom stereocenters. The smallest absolute Gasteiger partial charge is 0.123 e. The van der Waals surface area contributed by atoms with Gasteiger partial charge in [-0.2, -0.15) is 0 Å². The van der Waals surface area contributed by atoms with Crippen molar-refractivity contribution in [1.29, 1.82) is 0 Å². The normalized spacial score (nSPS) is 12.1. The van der Waals surface area contributed by atoms with Gasteiger partial charge < -0.3 is 4.74 Å². The number of para-hydroxylation sites is 1. The highest BCUT2D eigenvalue weighted by molar-refractivity contribution is 9.09. The first-order valence-electron chi connectivity index (χ1n) is 6.21. The van der Waals surface area contributed by atoms with Crippen LogP contribution in [-0.4, -0.2) is 6.61 Å². The van der Waals surface area contributed by atoms with Crippen LogP contribution in [0.2, 0.25) is 0 Å². The van der Waals surface area contributed by atoms with E-state index in [9.17, 15) is 0 Å². The molecule has 0 aliphatic carbocycles. The second kappa shape index (κ2) is 6.60. The van der Waals surface area contributed by atoms with Gasteiger partial charge in [0.15, 0.2) is 0 Å². The summed E-state index contributed by atoms with van der Waals surface area (Å²) in [7, 11) is 0. The van der Waals surface area contributed by atoms with Crippen LogP contribution in [-0.2, 0) is 6.42 Å². The lowest BCUT2D eigenvalue weighted by Gasteiger charge is -2.15. The first-order chi connectivity index (χ1) is 8.81. The largest absolute Gasteiger partial charge is 0.494 e. The van der Waals surface area contributed by atoms with Gasteiger partial charge in [0.2, 0.25) is 0 Å². The summed E-state index contributed by atoms with van der Waals surface area (Å²) in [5.41, 5.74) is 2.54. The van der Waals surface area contributed by atoms with Crippen molar-refractivity contribution in [2.24, 2.45) is 0 Å². The van der Waals surface area contributed by atoms with Gasteiger partial charge in [0.1, 0.15) is 5.75 Å². The van der Waals surface area contributed by atoms with E-state index >= 15 is 0 Å². The van der Waals surface area contributed by atoms with Crippen LogP contribution < -0.4 is 4.74 Å². The SMILES string of the molecule is CCOc1ccccc1C(Br)Cc1ccccc1. The molecule has 0 aliphatic heterocycles. The Hall–Kier alpha value is -1.28. The molecule has 0 bridgehead atoms. The third-order valence-corrected chi connectivity index (χ3v) is 3.63. The highest BCUT2D eigenvalue weighted by Gasteiger charge is 2.13. The Bertz CT molecular complexity index is 481. The summed E-state index contributed by atoms with van der Waals surface area (Å²) in [6.07, 6.45) is 0.963. The molecule has 0 spiro atoms. The molecule has 2 aromatic carbocycles. The zero-order valence-corrected chi connectivity index (χ0v) is 12.1. The summed E-state index contributed by atoms with van der Waals surface area (Å²) in [6, 6.07) is 18.7. The van der Waals surface area contributed by atoms with E-state index in [0.29, 0.717) is 6.61 Å². The van der Waals surface area contributed by atoms with Crippen LogP contribution in [0, 0.1) is 0 Å². The van der Waals surface area contributed by atoms with E-state index in [1.807, 2.05) is 25.1 Å². The molecule has 0 saturated heterocycles. The van der Waals surface area contributed by atoms with Crippen LogP contribution >= 0.6 is 15.9 Å². The quantitative estimate of drug-likeness (QED) is 0.723. The summed E-state index contributed by atoms with van der Waals surface area (Å²) in [5.74, 6) is 0.970. The molecule has 0 aliphatic rings. The lowest BCUT2D eigenvalue weighted by Crippen LogP contribution is -2.00. The molecular formula is C16H17BrO. The Kier molecular flexibility index (Phi) is 4.82. The molecule has 94 valence electrons. The van der Waals surface area contributed by atoms with Crippen molar-refractivity contribution in [1.82, 2.24) is 0 Å². The molecule has 0 radical (unpaired) electrons. The molecule has 0 heterocycles. The predicted octanol–water partition coefficient (Wildman–Crippen LogP) is 4.76. The Morgan fingerprint density at radius 3 is 2.39 bits per heavy atom. The van der Waals surface area contributed by atoms with Gasteiger partial charge in [-0.05, 0) is 25.0 Å². The number of hydrogen-bond donors (Lipinski definition) is 0. The van der Waals surface area contributed by atoms with Gasteiger partial charge in [-0.25, -0.2) is 0 Å². The lowest BCUT2D eigenvalue weighted by atomic mass is 10.0. The summed E-state index contributed by atoms with van der Waals surface area (Å²) < 4.78 is 5.67. The molecule has 2 aromatic rings. The predicted molar refractivity (Wildman–Crippen MR) is 79.4 cm³/mol. The van der Waals surface area contributed by atoms with Crippen LogP contribution in [0.15, 0.2) is 54.6 Å². The molecule has 0 fully saturated rings. The number of halogens is 1. The van der Waals surface area contributed by atoms with Crippen LogP contribution in [0.3, 0.4) is 0 Å². The molecule has 1 atom stereocenters. The summed E-state index contributed by atoms with van der Waals surface area (Å²) >= 11 is 3.76. The molecule has 0 N–H and O–H groups in total. The van der Waals surface area contributed by atoms with Gasteiger partial charge in [-0.3, -0.25) is 0 Å². The third-order valence-electron chi connectivity index (χ3n) is 2.81. The molecule has 0 aromatic heterocycles. The number of ether oxygens (including phenoxy) is 1. The minimum absolute atomic E-state index is 0.280. The fourth-order valence-corrected chi connectivity index (χ4v) is 2.71. The Morgan fingerprint density at radius 1 is 1.00 bits per heavy atom. The van der Waals surface area contributed by atoms with E-state index in [1.165, 1.54) is 11.1 Å². The van der Waals surface area contributed by atoms with Crippen LogP contribution in [0.4, 0.5) is 0 Å². The van der Waals surface area contributed by atoms with Crippen molar-refractivity contribution in [3.8, 4) is 5.75 Å². The summed E-state index contributed by atoms with van der Waals surface area (Å²) in [5, 5.41) is 0. The summed E-state index contributed by atoms with van der Waals surface area (Å²) in [6.45, 7) is 2.71. The van der Waals surface area contributed by atoms with Crippen molar-refractivity contribution in [2.75, 3.05) is 6.61 Å². The van der Waals surface area contributed by atoms with E-state index in [-0.39, 0.29) is 4.83 Å². The van der Waals surface area contributed by atoms with E-state index in [2.05, 4.69) is 52.3 Å². The molecule has 2 heteroatoms. The van der Waals surface area contributed by atoms with Crippen LogP contribution in [0.1, 0.15) is 22.9 Å². The van der Waals surface area contributed by atoms with E-state index in [0.717, 1.165) is 12.2 Å². The minimum Gasteiger partial charge on any atom is -0.494 e.